The van der Waals surface area contributed by atoms with Crippen molar-refractivity contribution in [3.63, 3.8) is 0 Å². The van der Waals surface area contributed by atoms with Gasteiger partial charge in [-0.15, -0.1) is 22.9 Å². The highest BCUT2D eigenvalue weighted by atomic mass is 35.5. The van der Waals surface area contributed by atoms with E-state index < -0.39 is 10.0 Å². The second-order valence-electron chi connectivity index (χ2n) is 5.30. The van der Waals surface area contributed by atoms with Crippen LogP contribution in [-0.4, -0.2) is 24.8 Å². The summed E-state index contributed by atoms with van der Waals surface area (Å²) in [5.74, 6) is 0.251. The van der Waals surface area contributed by atoms with Crippen LogP contribution in [0.2, 0.25) is 0 Å². The van der Waals surface area contributed by atoms with Crippen molar-refractivity contribution >= 4 is 33.0 Å². The van der Waals surface area contributed by atoms with Crippen LogP contribution < -0.4 is 0 Å². The second-order valence-corrected chi connectivity index (χ2v) is 8.33. The van der Waals surface area contributed by atoms with Crippen molar-refractivity contribution in [3.05, 3.63) is 15.8 Å². The Labute approximate surface area is 118 Å². The fourth-order valence-electron chi connectivity index (χ4n) is 2.56. The van der Waals surface area contributed by atoms with E-state index in [4.69, 9.17) is 11.6 Å². The Morgan fingerprint density at radius 2 is 2.17 bits per heavy atom. The van der Waals surface area contributed by atoms with Crippen molar-refractivity contribution in [3.8, 4) is 0 Å². The van der Waals surface area contributed by atoms with Crippen molar-refractivity contribution in [2.45, 2.75) is 49.9 Å². The lowest BCUT2D eigenvalue weighted by molar-refractivity contribution is 0.291. The molecule has 0 atom stereocenters. The van der Waals surface area contributed by atoms with E-state index in [9.17, 15) is 8.42 Å². The van der Waals surface area contributed by atoms with E-state index >= 15 is 0 Å². The van der Waals surface area contributed by atoms with Gasteiger partial charge in [-0.3, -0.25) is 0 Å². The zero-order valence-corrected chi connectivity index (χ0v) is 13.3. The summed E-state index contributed by atoms with van der Waals surface area (Å²) in [7, 11) is -3.42. The van der Waals surface area contributed by atoms with Crippen molar-refractivity contribution in [2.75, 3.05) is 6.54 Å². The predicted molar refractivity (Wildman–Crippen MR) is 75.8 cm³/mol. The number of hydrogen-bond acceptors (Lipinski definition) is 3. The molecule has 2 rings (SSSR count). The standard InChI is InChI=1S/C12H18ClNO2S2/c1-9-8-17-10(7-13)11(9)18(15,16)14-6-4-5-12(14,2)3/h8H,4-7H2,1-3H3. The van der Waals surface area contributed by atoms with Gasteiger partial charge in [0.25, 0.3) is 0 Å². The van der Waals surface area contributed by atoms with Crippen LogP contribution >= 0.6 is 22.9 Å². The maximum atomic E-state index is 12.8. The summed E-state index contributed by atoms with van der Waals surface area (Å²) in [5.41, 5.74) is 0.509. The fourth-order valence-corrected chi connectivity index (χ4v) is 6.43. The molecule has 6 heteroatoms. The first-order chi connectivity index (χ1) is 8.30. The van der Waals surface area contributed by atoms with E-state index in [-0.39, 0.29) is 11.4 Å². The first-order valence-electron chi connectivity index (χ1n) is 5.96. The van der Waals surface area contributed by atoms with Crippen molar-refractivity contribution in [1.29, 1.82) is 0 Å². The Balaban J connectivity index is 2.52. The summed E-state index contributed by atoms with van der Waals surface area (Å²) in [6.07, 6.45) is 1.83. The van der Waals surface area contributed by atoms with Gasteiger partial charge in [-0.1, -0.05) is 0 Å². The Morgan fingerprint density at radius 3 is 2.67 bits per heavy atom. The van der Waals surface area contributed by atoms with Crippen LogP contribution in [0.3, 0.4) is 0 Å². The largest absolute Gasteiger partial charge is 0.244 e. The lowest BCUT2D eigenvalue weighted by Crippen LogP contribution is -2.42. The Morgan fingerprint density at radius 1 is 1.50 bits per heavy atom. The summed E-state index contributed by atoms with van der Waals surface area (Å²) in [6.45, 7) is 6.41. The van der Waals surface area contributed by atoms with E-state index in [1.807, 2.05) is 26.2 Å². The summed E-state index contributed by atoms with van der Waals surface area (Å²) < 4.78 is 27.2. The summed E-state index contributed by atoms with van der Waals surface area (Å²) in [4.78, 5) is 1.18. The van der Waals surface area contributed by atoms with Crippen LogP contribution in [0.25, 0.3) is 0 Å². The molecule has 1 aromatic heterocycles. The second kappa shape index (κ2) is 4.78. The third-order valence-electron chi connectivity index (χ3n) is 3.48. The number of halogens is 1. The molecular formula is C12H18ClNO2S2. The molecule has 1 aliphatic heterocycles. The average molecular weight is 308 g/mol. The first kappa shape index (κ1) is 14.3. The highest BCUT2D eigenvalue weighted by Gasteiger charge is 2.42. The molecule has 0 N–H and O–H groups in total. The van der Waals surface area contributed by atoms with Crippen molar-refractivity contribution in [1.82, 2.24) is 4.31 Å². The summed E-state index contributed by atoms with van der Waals surface area (Å²) in [5, 5.41) is 1.87. The lowest BCUT2D eigenvalue weighted by Gasteiger charge is -2.30. The average Bonchev–Trinajstić information content (AvgIpc) is 2.81. The fraction of sp³-hybridized carbons (Fsp3) is 0.667. The zero-order valence-electron chi connectivity index (χ0n) is 10.9. The van der Waals surface area contributed by atoms with Gasteiger partial charge in [-0.2, -0.15) is 4.31 Å². The molecule has 0 aromatic carbocycles. The zero-order chi connectivity index (χ0) is 13.6. The highest BCUT2D eigenvalue weighted by molar-refractivity contribution is 7.89. The summed E-state index contributed by atoms with van der Waals surface area (Å²) >= 11 is 7.28. The molecule has 0 saturated carbocycles. The quantitative estimate of drug-likeness (QED) is 0.803. The molecule has 18 heavy (non-hydrogen) atoms. The van der Waals surface area contributed by atoms with Gasteiger partial charge in [0.15, 0.2) is 0 Å². The minimum absolute atomic E-state index is 0.251. The minimum atomic E-state index is -3.42. The van der Waals surface area contributed by atoms with Crippen LogP contribution in [0, 0.1) is 6.92 Å². The van der Waals surface area contributed by atoms with Gasteiger partial charge in [-0.05, 0) is 44.6 Å². The number of nitrogens with zero attached hydrogens (tertiary/aromatic N) is 1. The molecular weight excluding hydrogens is 290 g/mol. The maximum absolute atomic E-state index is 12.8. The normalized spacial score (nSPS) is 20.4. The molecule has 2 heterocycles. The molecule has 1 aliphatic rings. The van der Waals surface area contributed by atoms with Gasteiger partial charge >= 0.3 is 0 Å². The van der Waals surface area contributed by atoms with E-state index in [1.165, 1.54) is 11.3 Å². The van der Waals surface area contributed by atoms with Crippen LogP contribution in [0.1, 0.15) is 37.1 Å². The van der Waals surface area contributed by atoms with Gasteiger partial charge < -0.3 is 0 Å². The minimum Gasteiger partial charge on any atom is -0.207 e. The number of thiophene rings is 1. The highest BCUT2D eigenvalue weighted by Crippen LogP contribution is 2.38. The molecule has 0 spiro atoms. The first-order valence-corrected chi connectivity index (χ1v) is 8.82. The van der Waals surface area contributed by atoms with Gasteiger partial charge in [-0.25, -0.2) is 8.42 Å². The molecule has 1 fully saturated rings. The van der Waals surface area contributed by atoms with Crippen LogP contribution in [0.4, 0.5) is 0 Å². The third kappa shape index (κ3) is 2.22. The van der Waals surface area contributed by atoms with E-state index in [2.05, 4.69) is 0 Å². The Bertz CT molecular complexity index is 548. The number of hydrogen-bond donors (Lipinski definition) is 0. The van der Waals surface area contributed by atoms with Crippen molar-refractivity contribution in [2.24, 2.45) is 0 Å². The number of alkyl halides is 1. The third-order valence-corrected chi connectivity index (χ3v) is 7.48. The van der Waals surface area contributed by atoms with Gasteiger partial charge in [0.1, 0.15) is 4.90 Å². The molecule has 0 aliphatic carbocycles. The molecule has 0 amide bonds. The van der Waals surface area contributed by atoms with Gasteiger partial charge in [0.2, 0.25) is 10.0 Å². The molecule has 0 unspecified atom stereocenters. The van der Waals surface area contributed by atoms with E-state index in [0.29, 0.717) is 11.4 Å². The topological polar surface area (TPSA) is 37.4 Å². The molecule has 102 valence electrons. The van der Waals surface area contributed by atoms with E-state index in [1.54, 1.807) is 4.31 Å². The predicted octanol–water partition coefficient (Wildman–Crippen LogP) is 3.36. The van der Waals surface area contributed by atoms with Crippen LogP contribution in [0.5, 0.6) is 0 Å². The summed E-state index contributed by atoms with van der Waals surface area (Å²) in [6, 6.07) is 0. The Kier molecular flexibility index (Phi) is 3.80. The van der Waals surface area contributed by atoms with E-state index in [0.717, 1.165) is 23.3 Å². The maximum Gasteiger partial charge on any atom is 0.244 e. The molecule has 1 aromatic rings. The SMILES string of the molecule is Cc1csc(CCl)c1S(=O)(=O)N1CCCC1(C)C. The van der Waals surface area contributed by atoms with Crippen LogP contribution in [0.15, 0.2) is 10.3 Å². The number of rotatable bonds is 3. The number of aryl methyl sites for hydroxylation is 1. The molecule has 3 nitrogen and oxygen atoms in total. The van der Waals surface area contributed by atoms with Crippen molar-refractivity contribution < 1.29 is 8.42 Å². The smallest absolute Gasteiger partial charge is 0.207 e. The van der Waals surface area contributed by atoms with Gasteiger partial charge in [0, 0.05) is 17.0 Å². The number of sulfonamides is 1. The van der Waals surface area contributed by atoms with Crippen LogP contribution in [-0.2, 0) is 15.9 Å². The lowest BCUT2D eigenvalue weighted by atomic mass is 10.0. The van der Waals surface area contributed by atoms with Gasteiger partial charge in [0.05, 0.1) is 5.88 Å². The molecule has 1 saturated heterocycles. The Hall–Kier alpha value is -0.100. The molecule has 0 radical (unpaired) electrons. The monoisotopic (exact) mass is 307 g/mol. The molecule has 0 bridgehead atoms.